The largest absolute Gasteiger partial charge is 0.397 e. The average Bonchev–Trinajstić information content (AvgIpc) is 2.79. The van der Waals surface area contributed by atoms with E-state index in [1.165, 1.54) is 16.5 Å². The van der Waals surface area contributed by atoms with E-state index in [1.807, 2.05) is 18.2 Å². The highest BCUT2D eigenvalue weighted by atomic mass is 127. The van der Waals surface area contributed by atoms with Crippen LogP contribution in [-0.2, 0) is 0 Å². The van der Waals surface area contributed by atoms with Gasteiger partial charge in [-0.3, -0.25) is 4.90 Å². The summed E-state index contributed by atoms with van der Waals surface area (Å²) in [5, 5.41) is 12.2. The van der Waals surface area contributed by atoms with Crippen molar-refractivity contribution in [1.29, 1.82) is 5.26 Å². The minimum absolute atomic E-state index is 0.0578. The number of benzene rings is 1. The van der Waals surface area contributed by atoms with E-state index >= 15 is 0 Å². The van der Waals surface area contributed by atoms with E-state index in [0.717, 1.165) is 43.4 Å². The molecule has 1 aromatic carbocycles. The van der Waals surface area contributed by atoms with Gasteiger partial charge in [-0.25, -0.2) is 4.79 Å². The molecule has 1 heterocycles. The summed E-state index contributed by atoms with van der Waals surface area (Å²) < 4.78 is 41.4. The Bertz CT molecular complexity index is 1120. The fourth-order valence-corrected chi connectivity index (χ4v) is 6.26. The third kappa shape index (κ3) is 4.51. The lowest BCUT2D eigenvalue weighted by Crippen LogP contribution is -2.45. The first-order chi connectivity index (χ1) is 16.1. The molecule has 1 N–H and O–H groups in total. The molecule has 4 unspecified atom stereocenters. The predicted octanol–water partition coefficient (Wildman–Crippen LogP) is 7.07. The summed E-state index contributed by atoms with van der Waals surface area (Å²) in [6.07, 6.45) is 2.32. The van der Waals surface area contributed by atoms with Crippen LogP contribution >= 0.6 is 22.6 Å². The van der Waals surface area contributed by atoms with Crippen LogP contribution in [0.25, 0.3) is 5.57 Å². The number of halogens is 4. The van der Waals surface area contributed by atoms with E-state index in [-0.39, 0.29) is 27.9 Å². The Balaban J connectivity index is 1.73. The molecule has 2 amide bonds. The maximum absolute atomic E-state index is 13.7. The highest BCUT2D eigenvalue weighted by Crippen LogP contribution is 2.46. The van der Waals surface area contributed by atoms with E-state index in [2.05, 4.69) is 40.0 Å². The normalized spacial score (nSPS) is 30.0. The molecule has 2 aliphatic carbocycles. The van der Waals surface area contributed by atoms with E-state index in [0.29, 0.717) is 12.2 Å². The average molecular weight is 581 g/mol. The van der Waals surface area contributed by atoms with Crippen LogP contribution in [0.5, 0.6) is 0 Å². The third-order valence-corrected chi connectivity index (χ3v) is 8.63. The number of carbonyl (C=O) groups is 1. The van der Waals surface area contributed by atoms with Crippen LogP contribution < -0.4 is 5.32 Å². The van der Waals surface area contributed by atoms with Crippen molar-refractivity contribution < 1.29 is 18.0 Å². The monoisotopic (exact) mass is 581 g/mol. The van der Waals surface area contributed by atoms with Gasteiger partial charge in [-0.2, -0.15) is 18.4 Å². The zero-order chi connectivity index (χ0) is 24.7. The summed E-state index contributed by atoms with van der Waals surface area (Å²) in [7, 11) is 0. The molecule has 3 aliphatic rings. The predicted molar refractivity (Wildman–Crippen MR) is 134 cm³/mol. The van der Waals surface area contributed by atoms with Crippen LogP contribution in [-0.4, -0.2) is 27.6 Å². The van der Waals surface area contributed by atoms with Gasteiger partial charge in [0.15, 0.2) is 0 Å². The van der Waals surface area contributed by atoms with Crippen molar-refractivity contribution in [2.24, 2.45) is 11.3 Å². The van der Waals surface area contributed by atoms with Crippen molar-refractivity contribution in [2.75, 3.05) is 6.54 Å². The molecule has 8 heteroatoms. The fraction of sp³-hybridized carbons (Fsp3) is 0.462. The summed E-state index contributed by atoms with van der Waals surface area (Å²) >= 11 is 2.37. The molecule has 4 nitrogen and oxygen atoms in total. The maximum atomic E-state index is 13.7. The van der Waals surface area contributed by atoms with Gasteiger partial charge in [0, 0.05) is 21.9 Å². The molecule has 180 valence electrons. The number of alkyl halides is 4. The van der Waals surface area contributed by atoms with Gasteiger partial charge in [-0.05, 0) is 74.3 Å². The fourth-order valence-electron chi connectivity index (χ4n) is 5.13. The number of carbonyl (C=O) groups excluding carboxylic acids is 1. The minimum Gasteiger partial charge on any atom is -0.333 e. The number of hydrogen-bond acceptors (Lipinski definition) is 2. The van der Waals surface area contributed by atoms with Crippen LogP contribution in [0.3, 0.4) is 0 Å². The number of nitriles is 1. The van der Waals surface area contributed by atoms with Gasteiger partial charge in [-0.15, -0.1) is 0 Å². The van der Waals surface area contributed by atoms with Crippen molar-refractivity contribution in [1.82, 2.24) is 10.2 Å². The van der Waals surface area contributed by atoms with Crippen LogP contribution in [0.1, 0.15) is 56.6 Å². The molecule has 1 fully saturated rings. The SMILES string of the molecule is CC1=C(c2ccccc2C2CCC(C#N)C(I)C2)CNC(=O)N1C1=CC(C)(C(F)(F)F)CC=C1. The third-order valence-electron chi connectivity index (χ3n) is 7.26. The maximum Gasteiger partial charge on any atom is 0.397 e. The standard InChI is InChI=1S/C26H27F3IN3O/c1-16-22(21-8-4-3-7-20(21)17-9-10-18(14-31)23(30)12-17)15-32-24(34)33(16)19-6-5-11-25(2,13-19)26(27,28)29/h3-8,13,17-18,23H,9-12,15H2,1-2H3,(H,32,34). The number of hydrogen-bond donors (Lipinski definition) is 1. The van der Waals surface area contributed by atoms with Gasteiger partial charge in [0.05, 0.1) is 17.4 Å². The Morgan fingerprint density at radius 2 is 2.00 bits per heavy atom. The number of allylic oxidation sites excluding steroid dienone is 4. The van der Waals surface area contributed by atoms with Crippen LogP contribution in [0.4, 0.5) is 18.0 Å². The Hall–Kier alpha value is -2.28. The van der Waals surface area contributed by atoms with Crippen LogP contribution in [0, 0.1) is 22.7 Å². The molecular weight excluding hydrogens is 554 g/mol. The first-order valence-corrected chi connectivity index (χ1v) is 12.7. The van der Waals surface area contributed by atoms with Gasteiger partial charge in [0.25, 0.3) is 0 Å². The summed E-state index contributed by atoms with van der Waals surface area (Å²) in [6, 6.07) is 10.0. The molecule has 0 spiro atoms. The van der Waals surface area contributed by atoms with Gasteiger partial charge >= 0.3 is 12.2 Å². The summed E-state index contributed by atoms with van der Waals surface area (Å²) in [6.45, 7) is 3.27. The highest BCUT2D eigenvalue weighted by molar-refractivity contribution is 14.1. The molecule has 1 saturated carbocycles. The van der Waals surface area contributed by atoms with Gasteiger partial charge in [0.1, 0.15) is 0 Å². The van der Waals surface area contributed by atoms with E-state index in [9.17, 15) is 23.2 Å². The number of nitrogens with zero attached hydrogens (tertiary/aromatic N) is 2. The van der Waals surface area contributed by atoms with Crippen molar-refractivity contribution in [3.63, 3.8) is 0 Å². The molecular formula is C26H27F3IN3O. The van der Waals surface area contributed by atoms with Gasteiger partial charge in [-0.1, -0.05) is 52.9 Å². The summed E-state index contributed by atoms with van der Waals surface area (Å²) in [5.74, 6) is 0.346. The molecule has 0 radical (unpaired) electrons. The number of amides is 2. The van der Waals surface area contributed by atoms with Crippen LogP contribution in [0.2, 0.25) is 0 Å². The molecule has 4 atom stereocenters. The Labute approximate surface area is 211 Å². The molecule has 34 heavy (non-hydrogen) atoms. The summed E-state index contributed by atoms with van der Waals surface area (Å²) in [5.41, 5.74) is 1.92. The second kappa shape index (κ2) is 9.40. The first-order valence-electron chi connectivity index (χ1n) is 11.4. The van der Waals surface area contributed by atoms with Gasteiger partial charge in [0.2, 0.25) is 0 Å². The smallest absolute Gasteiger partial charge is 0.333 e. The molecule has 0 bridgehead atoms. The zero-order valence-electron chi connectivity index (χ0n) is 19.1. The second-order valence-electron chi connectivity index (χ2n) is 9.50. The van der Waals surface area contributed by atoms with Crippen molar-refractivity contribution in [3.8, 4) is 6.07 Å². The lowest BCUT2D eigenvalue weighted by molar-refractivity contribution is -0.199. The number of nitrogens with one attached hydrogen (secondary N) is 1. The number of rotatable bonds is 3. The Kier molecular flexibility index (Phi) is 6.87. The highest BCUT2D eigenvalue weighted by Gasteiger charge is 2.50. The van der Waals surface area contributed by atoms with Crippen molar-refractivity contribution in [2.45, 2.75) is 55.5 Å². The minimum atomic E-state index is -4.42. The van der Waals surface area contributed by atoms with E-state index < -0.39 is 17.6 Å². The molecule has 0 saturated heterocycles. The lowest BCUT2D eigenvalue weighted by Gasteiger charge is -2.37. The van der Waals surface area contributed by atoms with Crippen LogP contribution in [0.15, 0.2) is 53.9 Å². The van der Waals surface area contributed by atoms with E-state index in [1.54, 1.807) is 13.0 Å². The van der Waals surface area contributed by atoms with Gasteiger partial charge < -0.3 is 5.32 Å². The summed E-state index contributed by atoms with van der Waals surface area (Å²) in [4.78, 5) is 14.2. The Morgan fingerprint density at radius 3 is 2.68 bits per heavy atom. The Morgan fingerprint density at radius 1 is 1.26 bits per heavy atom. The van der Waals surface area contributed by atoms with Crippen molar-refractivity contribution in [3.05, 3.63) is 65.0 Å². The number of urea groups is 1. The molecule has 0 aromatic heterocycles. The zero-order valence-corrected chi connectivity index (χ0v) is 21.3. The molecule has 1 aromatic rings. The van der Waals surface area contributed by atoms with E-state index in [4.69, 9.17) is 0 Å². The topological polar surface area (TPSA) is 56.1 Å². The second-order valence-corrected chi connectivity index (χ2v) is 11.1. The van der Waals surface area contributed by atoms with Crippen molar-refractivity contribution >= 4 is 34.2 Å². The molecule has 4 rings (SSSR count). The quantitative estimate of drug-likeness (QED) is 0.307. The molecule has 1 aliphatic heterocycles. The lowest BCUT2D eigenvalue weighted by atomic mass is 9.76. The first kappa shape index (κ1) is 24.8.